The van der Waals surface area contributed by atoms with E-state index >= 15 is 0 Å². The highest BCUT2D eigenvalue weighted by atomic mass is 16.6. The van der Waals surface area contributed by atoms with Gasteiger partial charge in [0.15, 0.2) is 12.1 Å². The maximum Gasteiger partial charge on any atom is 0.304 e. The standard InChI is InChI=1S/C8H9NO4/c1-5(11)13-8-6(3-2-4-10)7(12)9-8/h6,8,10H,4H2,1H3,(H,9,12)/t6-,8-/m0/s1. The van der Waals surface area contributed by atoms with Crippen LogP contribution < -0.4 is 5.32 Å². The van der Waals surface area contributed by atoms with E-state index in [1.807, 2.05) is 0 Å². The van der Waals surface area contributed by atoms with Crippen molar-refractivity contribution in [1.82, 2.24) is 5.32 Å². The molecule has 0 spiro atoms. The summed E-state index contributed by atoms with van der Waals surface area (Å²) in [4.78, 5) is 21.3. The van der Waals surface area contributed by atoms with Gasteiger partial charge in [0, 0.05) is 6.92 Å². The predicted molar refractivity (Wildman–Crippen MR) is 42.0 cm³/mol. The molecule has 1 aliphatic rings. The third-order valence-corrected chi connectivity index (χ3v) is 1.50. The Balaban J connectivity index is 2.51. The van der Waals surface area contributed by atoms with Crippen LogP contribution in [0.2, 0.25) is 0 Å². The van der Waals surface area contributed by atoms with Gasteiger partial charge in [-0.05, 0) is 0 Å². The molecule has 0 aromatic heterocycles. The van der Waals surface area contributed by atoms with Gasteiger partial charge in [-0.15, -0.1) is 0 Å². The molecule has 1 fully saturated rings. The summed E-state index contributed by atoms with van der Waals surface area (Å²) >= 11 is 0. The van der Waals surface area contributed by atoms with Gasteiger partial charge in [-0.1, -0.05) is 11.8 Å². The number of carbonyl (C=O) groups is 2. The van der Waals surface area contributed by atoms with Gasteiger partial charge in [0.1, 0.15) is 6.61 Å². The summed E-state index contributed by atoms with van der Waals surface area (Å²) in [5, 5.41) is 10.7. The largest absolute Gasteiger partial charge is 0.440 e. The number of hydrogen-bond acceptors (Lipinski definition) is 4. The number of rotatable bonds is 1. The number of ether oxygens (including phenoxy) is 1. The van der Waals surface area contributed by atoms with Crippen molar-refractivity contribution in [2.24, 2.45) is 5.92 Å². The lowest BCUT2D eigenvalue weighted by atomic mass is 10.00. The molecule has 1 amide bonds. The van der Waals surface area contributed by atoms with Crippen LogP contribution in [0.5, 0.6) is 0 Å². The fourth-order valence-electron chi connectivity index (χ4n) is 0.928. The van der Waals surface area contributed by atoms with E-state index in [0.717, 1.165) is 0 Å². The first-order valence-electron chi connectivity index (χ1n) is 3.72. The number of hydrogen-bond donors (Lipinski definition) is 2. The zero-order valence-electron chi connectivity index (χ0n) is 7.03. The summed E-state index contributed by atoms with van der Waals surface area (Å²) in [5.41, 5.74) is 0. The van der Waals surface area contributed by atoms with Crippen molar-refractivity contribution in [2.75, 3.05) is 6.61 Å². The van der Waals surface area contributed by atoms with Gasteiger partial charge in [0.25, 0.3) is 0 Å². The van der Waals surface area contributed by atoms with Crippen molar-refractivity contribution in [2.45, 2.75) is 13.2 Å². The summed E-state index contributed by atoms with van der Waals surface area (Å²) in [5.74, 6) is 3.42. The predicted octanol–water partition coefficient (Wildman–Crippen LogP) is -1.38. The topological polar surface area (TPSA) is 75.6 Å². The number of esters is 1. The van der Waals surface area contributed by atoms with Gasteiger partial charge in [-0.3, -0.25) is 9.59 Å². The van der Waals surface area contributed by atoms with Gasteiger partial charge >= 0.3 is 5.97 Å². The summed E-state index contributed by atoms with van der Waals surface area (Å²) in [6.07, 6.45) is -0.663. The van der Waals surface area contributed by atoms with Gasteiger partial charge in [-0.25, -0.2) is 0 Å². The zero-order chi connectivity index (χ0) is 9.84. The second-order valence-electron chi connectivity index (χ2n) is 2.50. The highest BCUT2D eigenvalue weighted by Crippen LogP contribution is 2.14. The molecule has 0 saturated carbocycles. The average Bonchev–Trinajstić information content (AvgIpc) is 2.03. The van der Waals surface area contributed by atoms with Gasteiger partial charge in [0.2, 0.25) is 5.91 Å². The van der Waals surface area contributed by atoms with Crippen molar-refractivity contribution in [3.05, 3.63) is 0 Å². The van der Waals surface area contributed by atoms with Crippen LogP contribution in [0.3, 0.4) is 0 Å². The monoisotopic (exact) mass is 183 g/mol. The molecule has 0 bridgehead atoms. The molecule has 0 radical (unpaired) electrons. The van der Waals surface area contributed by atoms with E-state index in [4.69, 9.17) is 9.84 Å². The Kier molecular flexibility index (Phi) is 2.88. The molecule has 0 unspecified atom stereocenters. The normalized spacial score (nSPS) is 24.9. The van der Waals surface area contributed by atoms with E-state index in [1.54, 1.807) is 0 Å². The summed E-state index contributed by atoms with van der Waals surface area (Å²) in [6.45, 7) is 0.942. The zero-order valence-corrected chi connectivity index (χ0v) is 7.03. The smallest absolute Gasteiger partial charge is 0.304 e. The van der Waals surface area contributed by atoms with E-state index in [1.165, 1.54) is 6.92 Å². The molecule has 2 atom stereocenters. The molecular formula is C8H9NO4. The Morgan fingerprint density at radius 1 is 1.77 bits per heavy atom. The van der Waals surface area contributed by atoms with Crippen LogP contribution in [-0.2, 0) is 14.3 Å². The van der Waals surface area contributed by atoms with E-state index in [9.17, 15) is 9.59 Å². The van der Waals surface area contributed by atoms with Crippen molar-refractivity contribution in [3.63, 3.8) is 0 Å². The van der Waals surface area contributed by atoms with Crippen LogP contribution in [0.1, 0.15) is 6.92 Å². The number of nitrogens with one attached hydrogen (secondary N) is 1. The average molecular weight is 183 g/mol. The molecule has 1 aliphatic heterocycles. The van der Waals surface area contributed by atoms with Crippen LogP contribution in [0.25, 0.3) is 0 Å². The Morgan fingerprint density at radius 3 is 2.92 bits per heavy atom. The molecule has 70 valence electrons. The van der Waals surface area contributed by atoms with Crippen molar-refractivity contribution in [1.29, 1.82) is 0 Å². The van der Waals surface area contributed by atoms with Gasteiger partial charge in [-0.2, -0.15) is 0 Å². The van der Waals surface area contributed by atoms with Gasteiger partial charge in [0.05, 0.1) is 0 Å². The maximum atomic E-state index is 10.8. The highest BCUT2D eigenvalue weighted by Gasteiger charge is 2.40. The Hall–Kier alpha value is -1.54. The van der Waals surface area contributed by atoms with Crippen LogP contribution in [0.15, 0.2) is 0 Å². The first-order chi connectivity index (χ1) is 6.15. The Labute approximate surface area is 75.1 Å². The van der Waals surface area contributed by atoms with Crippen LogP contribution in [0.4, 0.5) is 0 Å². The molecule has 1 rings (SSSR count). The molecular weight excluding hydrogens is 174 g/mol. The maximum absolute atomic E-state index is 10.8. The highest BCUT2D eigenvalue weighted by molar-refractivity contribution is 5.88. The first kappa shape index (κ1) is 9.55. The molecule has 13 heavy (non-hydrogen) atoms. The SMILES string of the molecule is CC(=O)O[C@@H]1NC(=O)[C@@H]1C#CCO. The minimum atomic E-state index is -0.663. The van der Waals surface area contributed by atoms with Gasteiger partial charge < -0.3 is 15.2 Å². The van der Waals surface area contributed by atoms with Crippen LogP contribution in [-0.4, -0.2) is 29.8 Å². The molecule has 0 aromatic carbocycles. The minimum Gasteiger partial charge on any atom is -0.440 e. The molecule has 2 N–H and O–H groups in total. The summed E-state index contributed by atoms with van der Waals surface area (Å²) < 4.78 is 4.71. The molecule has 5 nitrogen and oxygen atoms in total. The van der Waals surface area contributed by atoms with Crippen LogP contribution in [0, 0.1) is 17.8 Å². The molecule has 1 saturated heterocycles. The molecule has 0 aromatic rings. The fourth-order valence-corrected chi connectivity index (χ4v) is 0.928. The quantitative estimate of drug-likeness (QED) is 0.298. The van der Waals surface area contributed by atoms with Crippen LogP contribution >= 0.6 is 0 Å². The summed E-state index contributed by atoms with van der Waals surface area (Å²) in [6, 6.07) is 0. The van der Waals surface area contributed by atoms with E-state index < -0.39 is 18.1 Å². The Morgan fingerprint density at radius 2 is 2.46 bits per heavy atom. The van der Waals surface area contributed by atoms with Crippen molar-refractivity contribution >= 4 is 11.9 Å². The molecule has 1 heterocycles. The lowest BCUT2D eigenvalue weighted by molar-refractivity contribution is -0.163. The number of aliphatic hydroxyl groups is 1. The fraction of sp³-hybridized carbons (Fsp3) is 0.500. The number of β-lactam (4-membered cyclic amide) rings is 1. The lowest BCUT2D eigenvalue weighted by Gasteiger charge is -2.31. The second-order valence-corrected chi connectivity index (χ2v) is 2.50. The first-order valence-corrected chi connectivity index (χ1v) is 3.72. The number of carbonyl (C=O) groups excluding carboxylic acids is 2. The second kappa shape index (κ2) is 3.92. The third-order valence-electron chi connectivity index (χ3n) is 1.50. The Bertz CT molecular complexity index is 288. The van der Waals surface area contributed by atoms with E-state index in [2.05, 4.69) is 17.2 Å². The third kappa shape index (κ3) is 2.20. The van der Waals surface area contributed by atoms with Crippen molar-refractivity contribution < 1.29 is 19.4 Å². The van der Waals surface area contributed by atoms with Crippen molar-refractivity contribution in [3.8, 4) is 11.8 Å². The number of amides is 1. The van der Waals surface area contributed by atoms with E-state index in [-0.39, 0.29) is 12.5 Å². The minimum absolute atomic E-state index is 0.285. The molecule has 0 aliphatic carbocycles. The van der Waals surface area contributed by atoms with E-state index in [0.29, 0.717) is 0 Å². The molecule has 5 heteroatoms. The summed E-state index contributed by atoms with van der Waals surface area (Å²) in [7, 11) is 0. The number of aliphatic hydroxyl groups excluding tert-OH is 1. The lowest BCUT2D eigenvalue weighted by Crippen LogP contribution is -2.59.